The summed E-state index contributed by atoms with van der Waals surface area (Å²) in [4.78, 5) is 8.44. The summed E-state index contributed by atoms with van der Waals surface area (Å²) in [6, 6.07) is 13.1. The monoisotopic (exact) mass is 332 g/mol. The number of anilines is 1. The Morgan fingerprint density at radius 2 is 1.76 bits per heavy atom. The topological polar surface area (TPSA) is 94.1 Å². The fraction of sp³-hybridized carbons (Fsp3) is 0.105. The lowest BCUT2D eigenvalue weighted by Crippen LogP contribution is -2.00. The summed E-state index contributed by atoms with van der Waals surface area (Å²) in [5, 5.41) is 9.53. The minimum Gasteiger partial charge on any atom is -0.497 e. The van der Waals surface area contributed by atoms with Crippen LogP contribution in [0.25, 0.3) is 22.4 Å². The van der Waals surface area contributed by atoms with Crippen LogP contribution in [0.4, 0.5) is 5.82 Å². The van der Waals surface area contributed by atoms with E-state index in [1.54, 1.807) is 32.7 Å². The molecule has 0 unspecified atom stereocenters. The van der Waals surface area contributed by atoms with Gasteiger partial charge in [0, 0.05) is 29.6 Å². The van der Waals surface area contributed by atoms with Gasteiger partial charge in [-0.05, 0) is 35.9 Å². The molecule has 2 heterocycles. The van der Waals surface area contributed by atoms with Crippen LogP contribution in [0, 0.1) is 11.3 Å². The summed E-state index contributed by atoms with van der Waals surface area (Å²) in [7, 11) is 3.15. The molecule has 124 valence electrons. The molecule has 6 heteroatoms. The van der Waals surface area contributed by atoms with Gasteiger partial charge in [0.25, 0.3) is 0 Å². The van der Waals surface area contributed by atoms with Crippen LogP contribution in [0.15, 0.2) is 48.8 Å². The summed E-state index contributed by atoms with van der Waals surface area (Å²) >= 11 is 0. The van der Waals surface area contributed by atoms with Crippen molar-refractivity contribution in [2.24, 2.45) is 0 Å². The molecule has 3 aromatic rings. The van der Waals surface area contributed by atoms with Crippen molar-refractivity contribution < 1.29 is 9.47 Å². The predicted octanol–water partition coefficient (Wildman–Crippen LogP) is 3.28. The summed E-state index contributed by atoms with van der Waals surface area (Å²) < 4.78 is 10.6. The lowest BCUT2D eigenvalue weighted by Gasteiger charge is -2.12. The van der Waals surface area contributed by atoms with Gasteiger partial charge in [0.2, 0.25) is 0 Å². The molecule has 0 bridgehead atoms. The Balaban J connectivity index is 2.25. The first kappa shape index (κ1) is 16.3. The van der Waals surface area contributed by atoms with Gasteiger partial charge in [-0.25, -0.2) is 4.98 Å². The Morgan fingerprint density at radius 3 is 2.32 bits per heavy atom. The molecule has 3 rings (SSSR count). The highest BCUT2D eigenvalue weighted by Gasteiger charge is 2.15. The number of benzene rings is 1. The van der Waals surface area contributed by atoms with E-state index in [-0.39, 0.29) is 5.82 Å². The van der Waals surface area contributed by atoms with Crippen LogP contribution in [0.2, 0.25) is 0 Å². The first-order valence-electron chi connectivity index (χ1n) is 7.50. The molecule has 0 saturated heterocycles. The van der Waals surface area contributed by atoms with Gasteiger partial charge in [0.1, 0.15) is 28.9 Å². The van der Waals surface area contributed by atoms with E-state index in [2.05, 4.69) is 16.0 Å². The molecule has 0 fully saturated rings. The largest absolute Gasteiger partial charge is 0.497 e. The van der Waals surface area contributed by atoms with Crippen molar-refractivity contribution in [1.82, 2.24) is 9.97 Å². The van der Waals surface area contributed by atoms with E-state index >= 15 is 0 Å². The number of rotatable bonds is 4. The van der Waals surface area contributed by atoms with Gasteiger partial charge < -0.3 is 15.2 Å². The fourth-order valence-electron chi connectivity index (χ4n) is 2.54. The minimum absolute atomic E-state index is 0.167. The van der Waals surface area contributed by atoms with E-state index in [0.29, 0.717) is 28.3 Å². The first-order valence-corrected chi connectivity index (χ1v) is 7.50. The van der Waals surface area contributed by atoms with Crippen LogP contribution in [0.3, 0.4) is 0 Å². The van der Waals surface area contributed by atoms with Gasteiger partial charge in [-0.1, -0.05) is 0 Å². The average Bonchev–Trinajstić information content (AvgIpc) is 2.67. The lowest BCUT2D eigenvalue weighted by atomic mass is 9.98. The second-order valence-electron chi connectivity index (χ2n) is 5.27. The molecule has 25 heavy (non-hydrogen) atoms. The zero-order valence-electron chi connectivity index (χ0n) is 13.9. The van der Waals surface area contributed by atoms with E-state index in [9.17, 15) is 5.26 Å². The number of hydrogen-bond donors (Lipinski definition) is 1. The number of nitriles is 1. The van der Waals surface area contributed by atoms with Crippen LogP contribution in [0.5, 0.6) is 11.5 Å². The number of nitrogens with two attached hydrogens (primary N) is 1. The van der Waals surface area contributed by atoms with Crippen molar-refractivity contribution in [3.8, 4) is 40.0 Å². The van der Waals surface area contributed by atoms with Gasteiger partial charge in [-0.2, -0.15) is 5.26 Å². The predicted molar refractivity (Wildman–Crippen MR) is 95.1 cm³/mol. The number of ether oxygens (including phenoxy) is 2. The van der Waals surface area contributed by atoms with Crippen LogP contribution >= 0.6 is 0 Å². The van der Waals surface area contributed by atoms with E-state index in [0.717, 1.165) is 11.1 Å². The molecule has 0 radical (unpaired) electrons. The molecule has 0 aliphatic carbocycles. The quantitative estimate of drug-likeness (QED) is 0.788. The normalized spacial score (nSPS) is 10.1. The Kier molecular flexibility index (Phi) is 4.48. The van der Waals surface area contributed by atoms with Crippen LogP contribution in [-0.2, 0) is 0 Å². The molecular formula is C19H16N4O2. The van der Waals surface area contributed by atoms with Gasteiger partial charge in [-0.3, -0.25) is 4.98 Å². The zero-order valence-corrected chi connectivity index (χ0v) is 13.9. The molecule has 6 nitrogen and oxygen atoms in total. The second-order valence-corrected chi connectivity index (χ2v) is 5.27. The van der Waals surface area contributed by atoms with Crippen molar-refractivity contribution in [3.05, 3.63) is 54.4 Å². The van der Waals surface area contributed by atoms with Gasteiger partial charge in [0.15, 0.2) is 0 Å². The maximum Gasteiger partial charge on any atom is 0.142 e. The molecule has 0 amide bonds. The van der Waals surface area contributed by atoms with Crippen molar-refractivity contribution in [2.45, 2.75) is 0 Å². The lowest BCUT2D eigenvalue weighted by molar-refractivity contribution is 0.394. The molecule has 0 spiro atoms. The summed E-state index contributed by atoms with van der Waals surface area (Å²) in [6.45, 7) is 0. The van der Waals surface area contributed by atoms with Gasteiger partial charge >= 0.3 is 0 Å². The molecule has 2 N–H and O–H groups in total. The third-order valence-corrected chi connectivity index (χ3v) is 3.78. The first-order chi connectivity index (χ1) is 12.2. The number of methoxy groups -OCH3 is 2. The maximum atomic E-state index is 9.53. The third-order valence-electron chi connectivity index (χ3n) is 3.78. The summed E-state index contributed by atoms with van der Waals surface area (Å²) in [5.41, 5.74) is 9.21. The number of pyridine rings is 2. The van der Waals surface area contributed by atoms with E-state index < -0.39 is 0 Å². The molecule has 0 aliphatic heterocycles. The fourth-order valence-corrected chi connectivity index (χ4v) is 2.54. The Labute approximate surface area is 145 Å². The maximum absolute atomic E-state index is 9.53. The SMILES string of the molecule is COc1cc(OC)cc(-c2cc(-c3cccnc3)nc(N)c2C#N)c1. The molecular weight excluding hydrogens is 316 g/mol. The Hall–Kier alpha value is -3.59. The molecule has 0 saturated carbocycles. The molecule has 0 aliphatic rings. The third kappa shape index (κ3) is 3.21. The average molecular weight is 332 g/mol. The molecule has 2 aromatic heterocycles. The van der Waals surface area contributed by atoms with Gasteiger partial charge in [-0.15, -0.1) is 0 Å². The highest BCUT2D eigenvalue weighted by molar-refractivity contribution is 5.81. The summed E-state index contributed by atoms with van der Waals surface area (Å²) in [6.07, 6.45) is 3.38. The van der Waals surface area contributed by atoms with E-state index in [1.807, 2.05) is 30.3 Å². The number of nitrogen functional groups attached to an aromatic ring is 1. The van der Waals surface area contributed by atoms with Crippen LogP contribution in [-0.4, -0.2) is 24.2 Å². The van der Waals surface area contributed by atoms with Crippen molar-refractivity contribution >= 4 is 5.82 Å². The standard InChI is InChI=1S/C19H16N4O2/c1-24-14-6-13(7-15(8-14)25-2)16-9-18(12-4-3-5-22-11-12)23-19(21)17(16)10-20/h3-9,11H,1-2H3,(H2,21,23). The van der Waals surface area contributed by atoms with Crippen LogP contribution < -0.4 is 15.2 Å². The van der Waals surface area contributed by atoms with Crippen molar-refractivity contribution in [1.29, 1.82) is 5.26 Å². The van der Waals surface area contributed by atoms with E-state index in [4.69, 9.17) is 15.2 Å². The number of hydrogen-bond acceptors (Lipinski definition) is 6. The molecule has 0 atom stereocenters. The minimum atomic E-state index is 0.167. The Bertz CT molecular complexity index is 927. The second kappa shape index (κ2) is 6.89. The highest BCUT2D eigenvalue weighted by Crippen LogP contribution is 2.35. The van der Waals surface area contributed by atoms with Gasteiger partial charge in [0.05, 0.1) is 19.9 Å². The molecule has 1 aromatic carbocycles. The zero-order chi connectivity index (χ0) is 17.8. The highest BCUT2D eigenvalue weighted by atomic mass is 16.5. The van der Waals surface area contributed by atoms with Crippen molar-refractivity contribution in [3.63, 3.8) is 0 Å². The smallest absolute Gasteiger partial charge is 0.142 e. The Morgan fingerprint density at radius 1 is 1.04 bits per heavy atom. The summed E-state index contributed by atoms with van der Waals surface area (Å²) in [5.74, 6) is 1.41. The van der Waals surface area contributed by atoms with Crippen LogP contribution in [0.1, 0.15) is 5.56 Å². The number of nitrogens with zero attached hydrogens (tertiary/aromatic N) is 3. The van der Waals surface area contributed by atoms with Crippen molar-refractivity contribution in [2.75, 3.05) is 20.0 Å². The van der Waals surface area contributed by atoms with E-state index in [1.165, 1.54) is 0 Å². The number of aromatic nitrogens is 2.